The molecule has 2 amide bonds. The number of piperidine rings is 1. The van der Waals surface area contributed by atoms with Crippen LogP contribution in [-0.4, -0.2) is 37.1 Å². The summed E-state index contributed by atoms with van der Waals surface area (Å²) in [5.74, 6) is -0.617. The molecule has 1 aliphatic heterocycles. The lowest BCUT2D eigenvalue weighted by Crippen LogP contribution is -2.54. The summed E-state index contributed by atoms with van der Waals surface area (Å²) in [5, 5.41) is 5.87. The minimum Gasteiger partial charge on any atom is -0.369 e. The summed E-state index contributed by atoms with van der Waals surface area (Å²) in [6, 6.07) is -0.434. The number of hydrogen-bond donors (Lipinski definition) is 3. The predicted octanol–water partition coefficient (Wildman–Crippen LogP) is 0.340. The molecule has 2 bridgehead atoms. The monoisotopic (exact) mass is 309 g/mol. The van der Waals surface area contributed by atoms with Crippen molar-refractivity contribution in [3.8, 4) is 0 Å². The smallest absolute Gasteiger partial charge is 0.224 e. The number of primary amides is 1. The van der Waals surface area contributed by atoms with Gasteiger partial charge in [-0.25, -0.2) is 4.39 Å². The highest BCUT2D eigenvalue weighted by molar-refractivity contribution is 5.89. The van der Waals surface area contributed by atoms with Crippen LogP contribution in [0.15, 0.2) is 0 Å². The lowest BCUT2D eigenvalue weighted by atomic mass is 9.78. The standard InChI is InChI=1S/C16H24FN3O2/c17-10-7-19-6-3-11(10)20-15(22)13-9-2-1-8(12(13)14(18)21)16(9)4-5-16/h8-13,19H,1-7H2,(H2,18,21)(H,20,22)/t8-,9-,10?,11?,12?,13?/m1/s1. The summed E-state index contributed by atoms with van der Waals surface area (Å²) in [6.07, 6.45) is 3.81. The van der Waals surface area contributed by atoms with Gasteiger partial charge in [-0.1, -0.05) is 0 Å². The molecule has 1 spiro atoms. The Bertz CT molecular complexity index is 508. The molecule has 4 unspecified atom stereocenters. The van der Waals surface area contributed by atoms with Crippen molar-refractivity contribution in [3.63, 3.8) is 0 Å². The van der Waals surface area contributed by atoms with Gasteiger partial charge < -0.3 is 16.4 Å². The van der Waals surface area contributed by atoms with Crippen molar-refractivity contribution in [2.45, 2.75) is 44.3 Å². The first-order chi connectivity index (χ1) is 10.5. The van der Waals surface area contributed by atoms with E-state index >= 15 is 0 Å². The fourth-order valence-electron chi connectivity index (χ4n) is 5.65. The first-order valence-corrected chi connectivity index (χ1v) is 8.49. The number of nitrogens with two attached hydrogens (primary N) is 1. The van der Waals surface area contributed by atoms with Crippen LogP contribution in [-0.2, 0) is 9.59 Å². The maximum Gasteiger partial charge on any atom is 0.224 e. The Kier molecular flexibility index (Phi) is 3.22. The molecule has 0 aromatic carbocycles. The summed E-state index contributed by atoms with van der Waals surface area (Å²) in [6.45, 7) is 0.996. The number of carbonyl (C=O) groups is 2. The maximum absolute atomic E-state index is 13.9. The fraction of sp³-hybridized carbons (Fsp3) is 0.875. The van der Waals surface area contributed by atoms with E-state index < -0.39 is 12.2 Å². The molecule has 6 atom stereocenters. The molecule has 4 rings (SSSR count). The van der Waals surface area contributed by atoms with Crippen LogP contribution in [0, 0.1) is 29.1 Å². The summed E-state index contributed by atoms with van der Waals surface area (Å²) >= 11 is 0. The van der Waals surface area contributed by atoms with Gasteiger partial charge in [0.1, 0.15) is 6.17 Å². The van der Waals surface area contributed by atoms with Crippen molar-refractivity contribution >= 4 is 11.8 Å². The van der Waals surface area contributed by atoms with Gasteiger partial charge >= 0.3 is 0 Å². The van der Waals surface area contributed by atoms with E-state index in [1.54, 1.807) is 0 Å². The molecule has 3 aliphatic carbocycles. The third-order valence-electron chi connectivity index (χ3n) is 6.71. The lowest BCUT2D eigenvalue weighted by Gasteiger charge is -2.32. The molecule has 22 heavy (non-hydrogen) atoms. The van der Waals surface area contributed by atoms with Gasteiger partial charge in [0.05, 0.1) is 17.9 Å². The van der Waals surface area contributed by atoms with E-state index in [1.807, 2.05) is 0 Å². The van der Waals surface area contributed by atoms with Crippen LogP contribution < -0.4 is 16.4 Å². The third-order valence-corrected chi connectivity index (χ3v) is 6.71. The van der Waals surface area contributed by atoms with E-state index in [2.05, 4.69) is 10.6 Å². The molecule has 122 valence electrons. The number of carbonyl (C=O) groups excluding carboxylic acids is 2. The molecule has 4 fully saturated rings. The second-order valence-electron chi connectivity index (χ2n) is 7.60. The summed E-state index contributed by atoms with van der Waals surface area (Å²) in [5.41, 5.74) is 5.82. The van der Waals surface area contributed by atoms with Crippen LogP contribution in [0.3, 0.4) is 0 Å². The largest absolute Gasteiger partial charge is 0.369 e. The molecular formula is C16H24FN3O2. The Balaban J connectivity index is 1.53. The highest BCUT2D eigenvalue weighted by atomic mass is 19.1. The van der Waals surface area contributed by atoms with E-state index in [-0.39, 0.29) is 47.4 Å². The van der Waals surface area contributed by atoms with Crippen LogP contribution in [0.4, 0.5) is 4.39 Å². The zero-order valence-corrected chi connectivity index (χ0v) is 12.7. The predicted molar refractivity (Wildman–Crippen MR) is 78.4 cm³/mol. The normalized spacial score (nSPS) is 45.0. The van der Waals surface area contributed by atoms with Crippen LogP contribution in [0.1, 0.15) is 32.1 Å². The molecule has 1 saturated heterocycles. The minimum atomic E-state index is -1.06. The van der Waals surface area contributed by atoms with E-state index in [1.165, 1.54) is 0 Å². The van der Waals surface area contributed by atoms with E-state index in [9.17, 15) is 14.0 Å². The number of hydrogen-bond acceptors (Lipinski definition) is 3. The Morgan fingerprint density at radius 2 is 1.82 bits per heavy atom. The molecule has 1 heterocycles. The van der Waals surface area contributed by atoms with Gasteiger partial charge in [0.25, 0.3) is 0 Å². The van der Waals surface area contributed by atoms with Crippen molar-refractivity contribution in [3.05, 3.63) is 0 Å². The molecule has 4 N–H and O–H groups in total. The van der Waals surface area contributed by atoms with Crippen LogP contribution in [0.25, 0.3) is 0 Å². The number of alkyl halides is 1. The molecule has 3 saturated carbocycles. The van der Waals surface area contributed by atoms with Gasteiger partial charge in [-0.15, -0.1) is 0 Å². The van der Waals surface area contributed by atoms with Gasteiger partial charge in [0, 0.05) is 6.54 Å². The maximum atomic E-state index is 13.9. The number of amides is 2. The van der Waals surface area contributed by atoms with E-state index in [0.717, 1.165) is 25.7 Å². The Hall–Kier alpha value is -1.17. The Morgan fingerprint density at radius 3 is 2.41 bits per heavy atom. The van der Waals surface area contributed by atoms with Crippen molar-refractivity contribution in [1.82, 2.24) is 10.6 Å². The van der Waals surface area contributed by atoms with E-state index in [4.69, 9.17) is 5.73 Å². The number of rotatable bonds is 3. The average Bonchev–Trinajstić information content (AvgIpc) is 3.15. The lowest BCUT2D eigenvalue weighted by molar-refractivity contribution is -0.136. The highest BCUT2D eigenvalue weighted by Gasteiger charge is 2.71. The minimum absolute atomic E-state index is 0.142. The molecule has 6 heteroatoms. The fourth-order valence-corrected chi connectivity index (χ4v) is 5.65. The van der Waals surface area contributed by atoms with Crippen LogP contribution >= 0.6 is 0 Å². The Labute approximate surface area is 129 Å². The highest BCUT2D eigenvalue weighted by Crippen LogP contribution is 2.74. The van der Waals surface area contributed by atoms with Gasteiger partial charge in [0.15, 0.2) is 0 Å². The second-order valence-corrected chi connectivity index (χ2v) is 7.60. The van der Waals surface area contributed by atoms with Gasteiger partial charge in [-0.2, -0.15) is 0 Å². The molecule has 0 radical (unpaired) electrons. The van der Waals surface area contributed by atoms with Crippen molar-refractivity contribution in [2.75, 3.05) is 13.1 Å². The quantitative estimate of drug-likeness (QED) is 0.703. The second kappa shape index (κ2) is 4.91. The topological polar surface area (TPSA) is 84.2 Å². The number of halogens is 1. The first-order valence-electron chi connectivity index (χ1n) is 8.49. The average molecular weight is 309 g/mol. The zero-order chi connectivity index (χ0) is 15.5. The molecule has 5 nitrogen and oxygen atoms in total. The van der Waals surface area contributed by atoms with Crippen molar-refractivity contribution in [2.24, 2.45) is 34.8 Å². The first kappa shape index (κ1) is 14.4. The van der Waals surface area contributed by atoms with E-state index in [0.29, 0.717) is 13.0 Å². The Morgan fingerprint density at radius 1 is 1.14 bits per heavy atom. The molecule has 0 aromatic rings. The summed E-state index contributed by atoms with van der Waals surface area (Å²) in [7, 11) is 0. The zero-order valence-electron chi connectivity index (χ0n) is 12.7. The van der Waals surface area contributed by atoms with Gasteiger partial charge in [0.2, 0.25) is 11.8 Å². The van der Waals surface area contributed by atoms with Gasteiger partial charge in [-0.05, 0) is 55.9 Å². The van der Waals surface area contributed by atoms with Crippen molar-refractivity contribution in [1.29, 1.82) is 0 Å². The summed E-state index contributed by atoms with van der Waals surface area (Å²) in [4.78, 5) is 24.7. The molecule has 4 aliphatic rings. The van der Waals surface area contributed by atoms with Gasteiger partial charge in [-0.3, -0.25) is 9.59 Å². The van der Waals surface area contributed by atoms with Crippen LogP contribution in [0.5, 0.6) is 0 Å². The number of nitrogens with one attached hydrogen (secondary N) is 2. The third kappa shape index (κ3) is 1.92. The van der Waals surface area contributed by atoms with Crippen molar-refractivity contribution < 1.29 is 14.0 Å². The molecule has 0 aromatic heterocycles. The SMILES string of the molecule is NC(=O)C1C(C(=O)NC2CCNCC2F)[C@H]2CC[C@H]1C21CC1. The summed E-state index contributed by atoms with van der Waals surface area (Å²) < 4.78 is 13.9. The van der Waals surface area contributed by atoms with Crippen LogP contribution in [0.2, 0.25) is 0 Å². The molecular weight excluding hydrogens is 285 g/mol.